The van der Waals surface area contributed by atoms with Crippen molar-refractivity contribution in [2.75, 3.05) is 12.4 Å². The Labute approximate surface area is 98.5 Å². The van der Waals surface area contributed by atoms with Crippen LogP contribution in [0.5, 0.6) is 0 Å². The van der Waals surface area contributed by atoms with Crippen LogP contribution in [0.15, 0.2) is 24.3 Å². The predicted octanol–water partition coefficient (Wildman–Crippen LogP) is 2.04. The molecule has 0 aromatic heterocycles. The number of esters is 1. The number of carbonyl (C=O) groups is 2. The third-order valence-corrected chi connectivity index (χ3v) is 2.15. The minimum Gasteiger partial charge on any atom is -0.465 e. The fourth-order valence-corrected chi connectivity index (χ4v) is 1.17. The number of nitrogens with one attached hydrogen (secondary N) is 1. The van der Waals surface area contributed by atoms with E-state index in [1.807, 2.05) is 0 Å². The van der Waals surface area contributed by atoms with E-state index in [-0.39, 0.29) is 5.91 Å². The highest BCUT2D eigenvalue weighted by atomic mass is 35.5. The average molecular weight is 242 g/mol. The van der Waals surface area contributed by atoms with E-state index >= 15 is 0 Å². The molecule has 1 aromatic rings. The van der Waals surface area contributed by atoms with E-state index in [1.165, 1.54) is 7.11 Å². The van der Waals surface area contributed by atoms with Crippen LogP contribution in [0.25, 0.3) is 0 Å². The maximum atomic E-state index is 11.4. The van der Waals surface area contributed by atoms with Crippen LogP contribution in [-0.2, 0) is 9.53 Å². The zero-order valence-electron chi connectivity index (χ0n) is 8.99. The van der Waals surface area contributed by atoms with Gasteiger partial charge >= 0.3 is 5.97 Å². The maximum Gasteiger partial charge on any atom is 0.339 e. The Morgan fingerprint density at radius 1 is 1.38 bits per heavy atom. The summed E-state index contributed by atoms with van der Waals surface area (Å²) in [7, 11) is 1.28. The number of benzene rings is 1. The summed E-state index contributed by atoms with van der Waals surface area (Å²) in [5, 5.41) is 1.89. The molecule has 0 aliphatic carbocycles. The zero-order chi connectivity index (χ0) is 12.1. The van der Waals surface area contributed by atoms with Gasteiger partial charge in [0.25, 0.3) is 0 Å². The first-order chi connectivity index (χ1) is 7.56. The molecule has 1 atom stereocenters. The van der Waals surface area contributed by atoms with Crippen molar-refractivity contribution < 1.29 is 14.3 Å². The van der Waals surface area contributed by atoms with Crippen LogP contribution >= 0.6 is 11.6 Å². The molecule has 16 heavy (non-hydrogen) atoms. The molecule has 0 bridgehead atoms. The first-order valence-corrected chi connectivity index (χ1v) is 5.12. The summed E-state index contributed by atoms with van der Waals surface area (Å²) in [6.07, 6.45) is 0. The van der Waals surface area contributed by atoms with Gasteiger partial charge in [0.15, 0.2) is 0 Å². The molecule has 1 amide bonds. The molecule has 0 fully saturated rings. The number of amides is 1. The van der Waals surface area contributed by atoms with E-state index in [0.29, 0.717) is 11.3 Å². The number of carbonyl (C=O) groups excluding carboxylic acids is 2. The number of para-hydroxylation sites is 1. The number of methoxy groups -OCH3 is 1. The second-order valence-corrected chi connectivity index (χ2v) is 3.80. The first kappa shape index (κ1) is 12.5. The normalized spacial score (nSPS) is 11.7. The molecule has 0 unspecified atom stereocenters. The standard InChI is InChI=1S/C11H12ClNO3/c1-7(12)10(14)13-9-6-4-3-5-8(9)11(15)16-2/h3-7H,1-2H3,(H,13,14)/t7-/m1/s1. The van der Waals surface area contributed by atoms with Gasteiger partial charge in [0.1, 0.15) is 5.38 Å². The first-order valence-electron chi connectivity index (χ1n) is 4.68. The van der Waals surface area contributed by atoms with Crippen molar-refractivity contribution in [1.82, 2.24) is 0 Å². The second-order valence-electron chi connectivity index (χ2n) is 3.14. The number of rotatable bonds is 3. The fraction of sp³-hybridized carbons (Fsp3) is 0.273. The number of hydrogen-bond acceptors (Lipinski definition) is 3. The third kappa shape index (κ3) is 2.97. The zero-order valence-corrected chi connectivity index (χ0v) is 9.75. The summed E-state index contributed by atoms with van der Waals surface area (Å²) in [6.45, 7) is 1.55. The van der Waals surface area contributed by atoms with Crippen LogP contribution in [0.1, 0.15) is 17.3 Å². The molecule has 1 rings (SSSR count). The van der Waals surface area contributed by atoms with Crippen LogP contribution < -0.4 is 5.32 Å². The minimum atomic E-state index is -0.661. The van der Waals surface area contributed by atoms with Gasteiger partial charge in [-0.1, -0.05) is 12.1 Å². The number of halogens is 1. The summed E-state index contributed by atoms with van der Waals surface area (Å²) in [5.74, 6) is -0.865. The minimum absolute atomic E-state index is 0.302. The van der Waals surface area contributed by atoms with Gasteiger partial charge in [0, 0.05) is 0 Å². The van der Waals surface area contributed by atoms with Crippen molar-refractivity contribution in [1.29, 1.82) is 0 Å². The molecule has 86 valence electrons. The van der Waals surface area contributed by atoms with Gasteiger partial charge in [-0.15, -0.1) is 11.6 Å². The number of ether oxygens (including phenoxy) is 1. The molecule has 0 aliphatic rings. The molecule has 0 saturated carbocycles. The Morgan fingerprint density at radius 3 is 2.56 bits per heavy atom. The smallest absolute Gasteiger partial charge is 0.339 e. The fourth-order valence-electron chi connectivity index (χ4n) is 1.11. The highest BCUT2D eigenvalue weighted by Crippen LogP contribution is 2.16. The Hall–Kier alpha value is -1.55. The number of anilines is 1. The van der Waals surface area contributed by atoms with Crippen LogP contribution in [0.3, 0.4) is 0 Å². The highest BCUT2D eigenvalue weighted by molar-refractivity contribution is 6.32. The summed E-state index contributed by atoms with van der Waals surface area (Å²) >= 11 is 5.62. The lowest BCUT2D eigenvalue weighted by atomic mass is 10.2. The van der Waals surface area contributed by atoms with Crippen molar-refractivity contribution in [2.24, 2.45) is 0 Å². The Balaban J connectivity index is 2.95. The summed E-state index contributed by atoms with van der Waals surface area (Å²) < 4.78 is 4.60. The molecule has 0 aliphatic heterocycles. The monoisotopic (exact) mass is 241 g/mol. The summed E-state index contributed by atoms with van der Waals surface area (Å²) in [4.78, 5) is 22.8. The van der Waals surface area contributed by atoms with E-state index in [1.54, 1.807) is 31.2 Å². The third-order valence-electron chi connectivity index (χ3n) is 1.95. The average Bonchev–Trinajstić information content (AvgIpc) is 2.28. The van der Waals surface area contributed by atoms with Crippen LogP contribution in [0.2, 0.25) is 0 Å². The van der Waals surface area contributed by atoms with Crippen LogP contribution in [0.4, 0.5) is 5.69 Å². The second kappa shape index (κ2) is 5.51. The molecule has 0 spiro atoms. The molecular formula is C11H12ClNO3. The van der Waals surface area contributed by atoms with Crippen LogP contribution in [0, 0.1) is 0 Å². The van der Waals surface area contributed by atoms with Gasteiger partial charge < -0.3 is 10.1 Å². The van der Waals surface area contributed by atoms with Gasteiger partial charge in [-0.3, -0.25) is 4.79 Å². The SMILES string of the molecule is COC(=O)c1ccccc1NC(=O)[C@@H](C)Cl. The Kier molecular flexibility index (Phi) is 4.31. The quantitative estimate of drug-likeness (QED) is 0.651. The molecule has 1 aromatic carbocycles. The molecule has 4 nitrogen and oxygen atoms in total. The summed E-state index contributed by atoms with van der Waals surface area (Å²) in [6, 6.07) is 6.58. The van der Waals surface area contributed by atoms with E-state index in [0.717, 1.165) is 0 Å². The van der Waals surface area contributed by atoms with Crippen LogP contribution in [-0.4, -0.2) is 24.4 Å². The Morgan fingerprint density at radius 2 is 2.00 bits per heavy atom. The molecule has 5 heteroatoms. The lowest BCUT2D eigenvalue weighted by molar-refractivity contribution is -0.115. The van der Waals surface area contributed by atoms with Crippen molar-refractivity contribution in [3.8, 4) is 0 Å². The van der Waals surface area contributed by atoms with Crippen molar-refractivity contribution in [2.45, 2.75) is 12.3 Å². The molecule has 0 radical (unpaired) electrons. The molecule has 1 N–H and O–H groups in total. The van der Waals surface area contributed by atoms with Gasteiger partial charge in [-0.25, -0.2) is 4.79 Å². The topological polar surface area (TPSA) is 55.4 Å². The summed E-state index contributed by atoms with van der Waals surface area (Å²) in [5.41, 5.74) is 0.697. The number of alkyl halides is 1. The molecule has 0 heterocycles. The van der Waals surface area contributed by atoms with Gasteiger partial charge in [-0.05, 0) is 19.1 Å². The van der Waals surface area contributed by atoms with Gasteiger partial charge in [0.05, 0.1) is 18.4 Å². The number of hydrogen-bond donors (Lipinski definition) is 1. The predicted molar refractivity (Wildman–Crippen MR) is 61.7 cm³/mol. The van der Waals surface area contributed by atoms with Crippen molar-refractivity contribution in [3.63, 3.8) is 0 Å². The van der Waals surface area contributed by atoms with Gasteiger partial charge in [0.2, 0.25) is 5.91 Å². The Bertz CT molecular complexity index is 404. The lowest BCUT2D eigenvalue weighted by Gasteiger charge is -2.10. The molecular weight excluding hydrogens is 230 g/mol. The maximum absolute atomic E-state index is 11.4. The highest BCUT2D eigenvalue weighted by Gasteiger charge is 2.15. The lowest BCUT2D eigenvalue weighted by Crippen LogP contribution is -2.21. The molecule has 0 saturated heterocycles. The van der Waals surface area contributed by atoms with E-state index in [9.17, 15) is 9.59 Å². The van der Waals surface area contributed by atoms with Crippen molar-refractivity contribution in [3.05, 3.63) is 29.8 Å². The van der Waals surface area contributed by atoms with E-state index in [4.69, 9.17) is 11.6 Å². The largest absolute Gasteiger partial charge is 0.465 e. The van der Waals surface area contributed by atoms with Gasteiger partial charge in [-0.2, -0.15) is 0 Å². The van der Waals surface area contributed by atoms with E-state index in [2.05, 4.69) is 10.1 Å². The van der Waals surface area contributed by atoms with E-state index < -0.39 is 11.3 Å². The van der Waals surface area contributed by atoms with Crippen molar-refractivity contribution >= 4 is 29.2 Å².